The van der Waals surface area contributed by atoms with Crippen LogP contribution >= 0.6 is 0 Å². The fourth-order valence-electron chi connectivity index (χ4n) is 5.66. The van der Waals surface area contributed by atoms with E-state index >= 15 is 0 Å². The highest BCUT2D eigenvalue weighted by Crippen LogP contribution is 2.46. The fourth-order valence-corrected chi connectivity index (χ4v) is 10.0. The predicted molar refractivity (Wildman–Crippen MR) is 92.9 cm³/mol. The van der Waals surface area contributed by atoms with Gasteiger partial charge in [0.1, 0.15) is 0 Å². The van der Waals surface area contributed by atoms with Crippen LogP contribution in [0.1, 0.15) is 77.6 Å². The molecule has 4 heteroatoms. The molecule has 0 aromatic heterocycles. The quantitative estimate of drug-likeness (QED) is 0.705. The van der Waals surface area contributed by atoms with E-state index in [0.717, 1.165) is 12.0 Å². The minimum atomic E-state index is -2.28. The van der Waals surface area contributed by atoms with Crippen molar-refractivity contribution in [3.8, 4) is 0 Å². The Labute approximate surface area is 138 Å². The summed E-state index contributed by atoms with van der Waals surface area (Å²) in [6.45, 7) is 2.42. The van der Waals surface area contributed by atoms with E-state index in [4.69, 9.17) is 8.85 Å². The summed E-state index contributed by atoms with van der Waals surface area (Å²) >= 11 is 0. The smallest absolute Gasteiger partial charge is 0.386 e. The summed E-state index contributed by atoms with van der Waals surface area (Å²) in [6.07, 6.45) is 15.1. The molecule has 0 radical (unpaired) electrons. The maximum atomic E-state index is 6.33. The van der Waals surface area contributed by atoms with Crippen LogP contribution in [0.2, 0.25) is 5.54 Å². The zero-order chi connectivity index (χ0) is 15.6. The van der Waals surface area contributed by atoms with Crippen LogP contribution in [-0.2, 0) is 8.85 Å². The SMILES string of the molecule is CO[Si](OC)(C1CCCCC1)N1C(C)CCC2CCCCC21. The molecule has 3 atom stereocenters. The van der Waals surface area contributed by atoms with Gasteiger partial charge in [-0.3, -0.25) is 4.57 Å². The van der Waals surface area contributed by atoms with E-state index in [2.05, 4.69) is 11.5 Å². The Morgan fingerprint density at radius 2 is 1.41 bits per heavy atom. The summed E-state index contributed by atoms with van der Waals surface area (Å²) < 4.78 is 15.5. The van der Waals surface area contributed by atoms with Crippen molar-refractivity contribution >= 4 is 8.72 Å². The van der Waals surface area contributed by atoms with E-state index in [1.165, 1.54) is 70.6 Å². The van der Waals surface area contributed by atoms with Crippen LogP contribution in [0, 0.1) is 5.92 Å². The first-order valence-electron chi connectivity index (χ1n) is 9.61. The van der Waals surface area contributed by atoms with E-state index in [1.807, 2.05) is 14.2 Å². The Kier molecular flexibility index (Phi) is 5.64. The highest BCUT2D eigenvalue weighted by atomic mass is 28.4. The Morgan fingerprint density at radius 3 is 2.09 bits per heavy atom. The molecule has 0 aromatic carbocycles. The molecule has 128 valence electrons. The number of nitrogens with zero attached hydrogens (tertiary/aromatic N) is 1. The topological polar surface area (TPSA) is 21.7 Å². The van der Waals surface area contributed by atoms with E-state index in [1.54, 1.807) is 0 Å². The highest BCUT2D eigenvalue weighted by Gasteiger charge is 2.57. The minimum absolute atomic E-state index is 0.632. The van der Waals surface area contributed by atoms with Gasteiger partial charge in [-0.25, -0.2) is 0 Å². The average molecular weight is 326 g/mol. The van der Waals surface area contributed by atoms with Gasteiger partial charge in [-0.15, -0.1) is 0 Å². The molecular formula is C18H35NO2Si. The lowest BCUT2D eigenvalue weighted by atomic mass is 9.78. The average Bonchev–Trinajstić information content (AvgIpc) is 2.59. The minimum Gasteiger partial charge on any atom is -0.386 e. The largest absolute Gasteiger partial charge is 0.430 e. The first kappa shape index (κ1) is 16.9. The van der Waals surface area contributed by atoms with Crippen LogP contribution in [0.4, 0.5) is 0 Å². The van der Waals surface area contributed by atoms with E-state index in [0.29, 0.717) is 11.6 Å². The van der Waals surface area contributed by atoms with Gasteiger partial charge in [0.05, 0.1) is 0 Å². The molecule has 2 saturated carbocycles. The van der Waals surface area contributed by atoms with Gasteiger partial charge < -0.3 is 8.85 Å². The van der Waals surface area contributed by atoms with Crippen LogP contribution in [0.25, 0.3) is 0 Å². The zero-order valence-electron chi connectivity index (χ0n) is 14.9. The Morgan fingerprint density at radius 1 is 0.773 bits per heavy atom. The number of fused-ring (bicyclic) bond motifs is 1. The Hall–Kier alpha value is 0.0969. The van der Waals surface area contributed by atoms with Gasteiger partial charge in [0, 0.05) is 31.8 Å². The lowest BCUT2D eigenvalue weighted by Crippen LogP contribution is -2.69. The normalized spacial score (nSPS) is 35.3. The first-order valence-corrected chi connectivity index (χ1v) is 11.5. The first-order chi connectivity index (χ1) is 10.7. The Bertz CT molecular complexity index is 355. The molecule has 1 aliphatic heterocycles. The standard InChI is InChI=1S/C18H35NO2Si/c1-15-13-14-16-9-7-8-12-18(16)19(15)22(20-2,21-3)17-10-5-4-6-11-17/h15-18H,4-14H2,1-3H3. The van der Waals surface area contributed by atoms with Gasteiger partial charge in [0.2, 0.25) is 0 Å². The molecular weight excluding hydrogens is 290 g/mol. The van der Waals surface area contributed by atoms with Gasteiger partial charge in [0.15, 0.2) is 0 Å². The van der Waals surface area contributed by atoms with Crippen LogP contribution < -0.4 is 0 Å². The second-order valence-electron chi connectivity index (χ2n) is 7.82. The molecule has 0 N–H and O–H groups in total. The molecule has 22 heavy (non-hydrogen) atoms. The van der Waals surface area contributed by atoms with Crippen molar-refractivity contribution in [1.82, 2.24) is 4.57 Å². The molecule has 0 aromatic rings. The third kappa shape index (κ3) is 2.92. The molecule has 3 unspecified atom stereocenters. The third-order valence-corrected chi connectivity index (χ3v) is 11.0. The third-order valence-electron chi connectivity index (χ3n) is 6.72. The van der Waals surface area contributed by atoms with Crippen LogP contribution in [0.15, 0.2) is 0 Å². The summed E-state index contributed by atoms with van der Waals surface area (Å²) in [5, 5.41) is 0. The van der Waals surface area contributed by atoms with Gasteiger partial charge in [-0.05, 0) is 51.4 Å². The van der Waals surface area contributed by atoms with Crippen molar-refractivity contribution in [1.29, 1.82) is 0 Å². The molecule has 3 aliphatic rings. The van der Waals surface area contributed by atoms with E-state index < -0.39 is 8.72 Å². The second kappa shape index (κ2) is 7.33. The predicted octanol–water partition coefficient (Wildman–Crippen LogP) is 4.60. The molecule has 1 heterocycles. The van der Waals surface area contributed by atoms with Crippen LogP contribution in [0.3, 0.4) is 0 Å². The summed E-state index contributed by atoms with van der Waals surface area (Å²) in [4.78, 5) is 0. The van der Waals surface area contributed by atoms with Gasteiger partial charge in [-0.2, -0.15) is 0 Å². The lowest BCUT2D eigenvalue weighted by molar-refractivity contribution is 0.0223. The lowest BCUT2D eigenvalue weighted by Gasteiger charge is -2.55. The molecule has 3 nitrogen and oxygen atoms in total. The number of rotatable bonds is 4. The molecule has 2 aliphatic carbocycles. The van der Waals surface area contributed by atoms with Gasteiger partial charge in [0.25, 0.3) is 0 Å². The van der Waals surface area contributed by atoms with Crippen molar-refractivity contribution in [2.45, 2.75) is 95.2 Å². The van der Waals surface area contributed by atoms with Gasteiger partial charge >= 0.3 is 8.72 Å². The number of hydrogen-bond donors (Lipinski definition) is 0. The molecule has 1 saturated heterocycles. The second-order valence-corrected chi connectivity index (χ2v) is 11.2. The molecule has 3 rings (SSSR count). The molecule has 0 spiro atoms. The highest BCUT2D eigenvalue weighted by molar-refractivity contribution is 6.66. The monoisotopic (exact) mass is 325 g/mol. The molecule has 0 amide bonds. The number of piperidine rings is 1. The maximum Gasteiger partial charge on any atom is 0.430 e. The van der Waals surface area contributed by atoms with Crippen molar-refractivity contribution < 1.29 is 8.85 Å². The van der Waals surface area contributed by atoms with Crippen molar-refractivity contribution in [2.75, 3.05) is 14.2 Å². The number of hydrogen-bond acceptors (Lipinski definition) is 3. The van der Waals surface area contributed by atoms with Crippen LogP contribution in [0.5, 0.6) is 0 Å². The zero-order valence-corrected chi connectivity index (χ0v) is 15.9. The summed E-state index contributed by atoms with van der Waals surface area (Å²) in [6, 6.07) is 1.36. The summed E-state index contributed by atoms with van der Waals surface area (Å²) in [5.74, 6) is 0.894. The maximum absolute atomic E-state index is 6.33. The Balaban J connectivity index is 1.89. The van der Waals surface area contributed by atoms with Crippen LogP contribution in [-0.4, -0.2) is 39.6 Å². The molecule has 0 bridgehead atoms. The summed E-state index contributed by atoms with van der Waals surface area (Å²) in [5.41, 5.74) is 0.666. The van der Waals surface area contributed by atoms with E-state index in [-0.39, 0.29) is 0 Å². The molecule has 3 fully saturated rings. The van der Waals surface area contributed by atoms with Gasteiger partial charge in [-0.1, -0.05) is 32.1 Å². The summed E-state index contributed by atoms with van der Waals surface area (Å²) in [7, 11) is 1.59. The van der Waals surface area contributed by atoms with Crippen molar-refractivity contribution in [3.63, 3.8) is 0 Å². The van der Waals surface area contributed by atoms with Crippen molar-refractivity contribution in [3.05, 3.63) is 0 Å². The van der Waals surface area contributed by atoms with Crippen molar-refractivity contribution in [2.24, 2.45) is 5.92 Å². The van der Waals surface area contributed by atoms with E-state index in [9.17, 15) is 0 Å². The fraction of sp³-hybridized carbons (Fsp3) is 1.00.